The standard InChI is InChI=1S/C15H19NO5/c1-16(7-6-14(17)19-2)15(18)11-4-5-12-13(10-11)21-9-3-8-20-12/h4-5,10H,3,6-9H2,1-2H3. The van der Waals surface area contributed by atoms with E-state index in [0.29, 0.717) is 36.8 Å². The second kappa shape index (κ2) is 6.97. The van der Waals surface area contributed by atoms with E-state index in [2.05, 4.69) is 4.74 Å². The fourth-order valence-electron chi connectivity index (χ4n) is 1.98. The average Bonchev–Trinajstić information content (AvgIpc) is 2.75. The first-order valence-corrected chi connectivity index (χ1v) is 6.83. The number of hydrogen-bond donors (Lipinski definition) is 0. The van der Waals surface area contributed by atoms with Crippen LogP contribution >= 0.6 is 0 Å². The maximum atomic E-state index is 12.3. The molecule has 6 heteroatoms. The lowest BCUT2D eigenvalue weighted by molar-refractivity contribution is -0.140. The Morgan fingerprint density at radius 1 is 1.24 bits per heavy atom. The van der Waals surface area contributed by atoms with Crippen LogP contribution in [0.1, 0.15) is 23.2 Å². The van der Waals surface area contributed by atoms with E-state index in [9.17, 15) is 9.59 Å². The van der Waals surface area contributed by atoms with E-state index >= 15 is 0 Å². The van der Waals surface area contributed by atoms with E-state index in [1.807, 2.05) is 0 Å². The molecule has 0 unspecified atom stereocenters. The van der Waals surface area contributed by atoms with Crippen molar-refractivity contribution in [3.8, 4) is 11.5 Å². The van der Waals surface area contributed by atoms with Crippen LogP contribution in [-0.4, -0.2) is 50.7 Å². The summed E-state index contributed by atoms with van der Waals surface area (Å²) in [5, 5.41) is 0. The first kappa shape index (κ1) is 15.2. The Hall–Kier alpha value is -2.24. The zero-order chi connectivity index (χ0) is 15.2. The number of ether oxygens (including phenoxy) is 3. The molecule has 0 saturated carbocycles. The molecule has 1 amide bonds. The molecule has 1 aliphatic heterocycles. The van der Waals surface area contributed by atoms with Crippen molar-refractivity contribution in [3.05, 3.63) is 23.8 Å². The maximum Gasteiger partial charge on any atom is 0.307 e. The summed E-state index contributed by atoms with van der Waals surface area (Å²) in [5.41, 5.74) is 0.506. The Morgan fingerprint density at radius 3 is 2.67 bits per heavy atom. The van der Waals surface area contributed by atoms with Gasteiger partial charge in [0, 0.05) is 25.6 Å². The number of benzene rings is 1. The van der Waals surface area contributed by atoms with Crippen molar-refractivity contribution in [3.63, 3.8) is 0 Å². The molecule has 6 nitrogen and oxygen atoms in total. The first-order valence-electron chi connectivity index (χ1n) is 6.83. The van der Waals surface area contributed by atoms with Gasteiger partial charge in [0.05, 0.1) is 26.7 Å². The van der Waals surface area contributed by atoms with Crippen LogP contribution in [0.2, 0.25) is 0 Å². The number of rotatable bonds is 4. The normalized spacial score (nSPS) is 13.2. The summed E-state index contributed by atoms with van der Waals surface area (Å²) < 4.78 is 15.7. The Kier molecular flexibility index (Phi) is 5.03. The van der Waals surface area contributed by atoms with Crippen molar-refractivity contribution < 1.29 is 23.8 Å². The zero-order valence-corrected chi connectivity index (χ0v) is 12.3. The Labute approximate surface area is 123 Å². The van der Waals surface area contributed by atoms with Gasteiger partial charge in [-0.15, -0.1) is 0 Å². The lowest BCUT2D eigenvalue weighted by Crippen LogP contribution is -2.29. The Balaban J connectivity index is 2.05. The van der Waals surface area contributed by atoms with Gasteiger partial charge in [-0.05, 0) is 18.2 Å². The third-order valence-electron chi connectivity index (χ3n) is 3.22. The van der Waals surface area contributed by atoms with Crippen LogP contribution in [0.3, 0.4) is 0 Å². The second-order valence-corrected chi connectivity index (χ2v) is 4.76. The third-order valence-corrected chi connectivity index (χ3v) is 3.22. The smallest absolute Gasteiger partial charge is 0.307 e. The van der Waals surface area contributed by atoms with Crippen LogP contribution in [0.5, 0.6) is 11.5 Å². The topological polar surface area (TPSA) is 65.1 Å². The van der Waals surface area contributed by atoms with E-state index in [0.717, 1.165) is 6.42 Å². The van der Waals surface area contributed by atoms with Gasteiger partial charge in [-0.1, -0.05) is 0 Å². The number of nitrogens with zero attached hydrogens (tertiary/aromatic N) is 1. The highest BCUT2D eigenvalue weighted by Crippen LogP contribution is 2.30. The van der Waals surface area contributed by atoms with E-state index in [4.69, 9.17) is 9.47 Å². The van der Waals surface area contributed by atoms with Crippen LogP contribution < -0.4 is 9.47 Å². The summed E-state index contributed by atoms with van der Waals surface area (Å²) in [6, 6.07) is 5.12. The van der Waals surface area contributed by atoms with E-state index in [1.165, 1.54) is 12.0 Å². The number of amides is 1. The fraction of sp³-hybridized carbons (Fsp3) is 0.467. The Morgan fingerprint density at radius 2 is 1.95 bits per heavy atom. The SMILES string of the molecule is COC(=O)CCN(C)C(=O)c1ccc2c(c1)OCCCO2. The minimum atomic E-state index is -0.340. The van der Waals surface area contributed by atoms with Crippen LogP contribution in [0.4, 0.5) is 0 Å². The molecule has 0 N–H and O–H groups in total. The largest absolute Gasteiger partial charge is 0.490 e. The van der Waals surface area contributed by atoms with Gasteiger partial charge in [0.15, 0.2) is 11.5 Å². The molecule has 0 spiro atoms. The molecule has 0 radical (unpaired) electrons. The molecule has 1 aromatic carbocycles. The van der Waals surface area contributed by atoms with E-state index in [1.54, 1.807) is 25.2 Å². The zero-order valence-electron chi connectivity index (χ0n) is 12.3. The summed E-state index contributed by atoms with van der Waals surface area (Å²) in [6.07, 6.45) is 0.986. The highest BCUT2D eigenvalue weighted by atomic mass is 16.5. The molecule has 0 atom stereocenters. The van der Waals surface area contributed by atoms with Crippen molar-refractivity contribution in [1.82, 2.24) is 4.90 Å². The first-order chi connectivity index (χ1) is 10.1. The van der Waals surface area contributed by atoms with Gasteiger partial charge in [0.25, 0.3) is 5.91 Å². The van der Waals surface area contributed by atoms with Crippen LogP contribution in [0, 0.1) is 0 Å². The van der Waals surface area contributed by atoms with Crippen molar-refractivity contribution in [2.45, 2.75) is 12.8 Å². The summed E-state index contributed by atoms with van der Waals surface area (Å²) >= 11 is 0. The van der Waals surface area contributed by atoms with Crippen molar-refractivity contribution in [2.75, 3.05) is 33.9 Å². The monoisotopic (exact) mass is 293 g/mol. The lowest BCUT2D eigenvalue weighted by Gasteiger charge is -2.17. The Bertz CT molecular complexity index is 529. The van der Waals surface area contributed by atoms with Crippen LogP contribution in [-0.2, 0) is 9.53 Å². The predicted octanol–water partition coefficient (Wildman–Crippen LogP) is 1.48. The van der Waals surface area contributed by atoms with Crippen molar-refractivity contribution in [1.29, 1.82) is 0 Å². The number of esters is 1. The van der Waals surface area contributed by atoms with Gasteiger partial charge in [0.2, 0.25) is 0 Å². The highest BCUT2D eigenvalue weighted by molar-refractivity contribution is 5.95. The molecule has 0 aliphatic carbocycles. The number of carbonyl (C=O) groups is 2. The van der Waals surface area contributed by atoms with E-state index < -0.39 is 0 Å². The lowest BCUT2D eigenvalue weighted by atomic mass is 10.1. The molecule has 114 valence electrons. The average molecular weight is 293 g/mol. The number of fused-ring (bicyclic) bond motifs is 1. The van der Waals surface area contributed by atoms with Crippen LogP contribution in [0.25, 0.3) is 0 Å². The molecule has 1 aliphatic rings. The molecule has 0 saturated heterocycles. The van der Waals surface area contributed by atoms with Gasteiger partial charge < -0.3 is 19.1 Å². The molecule has 21 heavy (non-hydrogen) atoms. The molecule has 2 rings (SSSR count). The predicted molar refractivity (Wildman–Crippen MR) is 75.6 cm³/mol. The van der Waals surface area contributed by atoms with Crippen LogP contribution in [0.15, 0.2) is 18.2 Å². The minimum Gasteiger partial charge on any atom is -0.490 e. The molecule has 1 heterocycles. The quantitative estimate of drug-likeness (QED) is 0.787. The number of hydrogen-bond acceptors (Lipinski definition) is 5. The van der Waals surface area contributed by atoms with Gasteiger partial charge >= 0.3 is 5.97 Å². The molecule has 1 aromatic rings. The van der Waals surface area contributed by atoms with Gasteiger partial charge in [-0.2, -0.15) is 0 Å². The fourth-order valence-corrected chi connectivity index (χ4v) is 1.98. The van der Waals surface area contributed by atoms with E-state index in [-0.39, 0.29) is 18.3 Å². The molecule has 0 fully saturated rings. The molecule has 0 aromatic heterocycles. The minimum absolute atomic E-state index is 0.170. The molecular formula is C15H19NO5. The molecule has 0 bridgehead atoms. The highest BCUT2D eigenvalue weighted by Gasteiger charge is 2.17. The maximum absolute atomic E-state index is 12.3. The van der Waals surface area contributed by atoms with Gasteiger partial charge in [-0.3, -0.25) is 9.59 Å². The summed E-state index contributed by atoms with van der Waals surface area (Å²) in [7, 11) is 2.97. The van der Waals surface area contributed by atoms with Crippen molar-refractivity contribution >= 4 is 11.9 Å². The van der Waals surface area contributed by atoms with Gasteiger partial charge in [-0.25, -0.2) is 0 Å². The summed E-state index contributed by atoms with van der Waals surface area (Å²) in [5.74, 6) is 0.726. The second-order valence-electron chi connectivity index (χ2n) is 4.76. The number of methoxy groups -OCH3 is 1. The summed E-state index contributed by atoms with van der Waals surface area (Å²) in [6.45, 7) is 1.49. The summed E-state index contributed by atoms with van der Waals surface area (Å²) in [4.78, 5) is 24.9. The third kappa shape index (κ3) is 3.87. The van der Waals surface area contributed by atoms with Gasteiger partial charge in [0.1, 0.15) is 0 Å². The number of carbonyl (C=O) groups excluding carboxylic acids is 2. The molecular weight excluding hydrogens is 274 g/mol. The van der Waals surface area contributed by atoms with Crippen molar-refractivity contribution in [2.24, 2.45) is 0 Å².